The summed E-state index contributed by atoms with van der Waals surface area (Å²) in [6, 6.07) is 9.05. The second kappa shape index (κ2) is 5.24. The summed E-state index contributed by atoms with van der Waals surface area (Å²) in [5.74, 6) is 0.216. The van der Waals surface area contributed by atoms with Gasteiger partial charge in [-0.05, 0) is 24.6 Å². The van der Waals surface area contributed by atoms with E-state index in [1.54, 1.807) is 0 Å². The van der Waals surface area contributed by atoms with Crippen molar-refractivity contribution in [3.8, 4) is 0 Å². The van der Waals surface area contributed by atoms with Crippen LogP contribution in [0.4, 0.5) is 5.82 Å². The molecule has 0 spiro atoms. The van der Waals surface area contributed by atoms with Gasteiger partial charge in [0.15, 0.2) is 5.16 Å². The molecule has 0 fully saturated rings. The Bertz CT molecular complexity index is 592. The predicted octanol–water partition coefficient (Wildman–Crippen LogP) is 1.52. The molecule has 0 saturated heterocycles. The van der Waals surface area contributed by atoms with Crippen LogP contribution in [0.3, 0.4) is 0 Å². The van der Waals surface area contributed by atoms with E-state index in [2.05, 4.69) is 9.97 Å². The average Bonchev–Trinajstić information content (AvgIpc) is 2.28. The summed E-state index contributed by atoms with van der Waals surface area (Å²) < 4.78 is 0. The van der Waals surface area contributed by atoms with Gasteiger partial charge in [-0.2, -0.15) is 0 Å². The van der Waals surface area contributed by atoms with Crippen molar-refractivity contribution in [2.24, 2.45) is 5.73 Å². The number of aromatic amines is 1. The number of hydrogen-bond acceptors (Lipinski definition) is 5. The monoisotopic (exact) mass is 262 g/mol. The smallest absolute Gasteiger partial charge is 0.253 e. The van der Waals surface area contributed by atoms with Gasteiger partial charge >= 0.3 is 0 Å². The van der Waals surface area contributed by atoms with Crippen LogP contribution in [-0.4, -0.2) is 9.97 Å². The Morgan fingerprint density at radius 3 is 2.56 bits per heavy atom. The number of rotatable bonds is 3. The zero-order valence-corrected chi connectivity index (χ0v) is 10.7. The Labute approximate surface area is 109 Å². The van der Waals surface area contributed by atoms with Crippen LogP contribution in [0.15, 0.2) is 45.2 Å². The molecule has 5 nitrogen and oxygen atoms in total. The van der Waals surface area contributed by atoms with Gasteiger partial charge in [-0.25, -0.2) is 4.98 Å². The highest BCUT2D eigenvalue weighted by molar-refractivity contribution is 7.99. The first kappa shape index (κ1) is 12.7. The van der Waals surface area contributed by atoms with Crippen molar-refractivity contribution in [1.82, 2.24) is 9.97 Å². The van der Waals surface area contributed by atoms with Crippen LogP contribution in [0.5, 0.6) is 0 Å². The zero-order chi connectivity index (χ0) is 13.1. The van der Waals surface area contributed by atoms with Crippen molar-refractivity contribution in [1.29, 1.82) is 0 Å². The third-order valence-electron chi connectivity index (χ3n) is 2.36. The highest BCUT2D eigenvalue weighted by Crippen LogP contribution is 2.25. The molecule has 0 bridgehead atoms. The van der Waals surface area contributed by atoms with Crippen LogP contribution in [0, 0.1) is 0 Å². The molecule has 0 amide bonds. The lowest BCUT2D eigenvalue weighted by molar-refractivity contribution is 0.817. The van der Waals surface area contributed by atoms with Gasteiger partial charge in [-0.1, -0.05) is 23.9 Å². The van der Waals surface area contributed by atoms with Gasteiger partial charge < -0.3 is 16.5 Å². The molecule has 0 aliphatic heterocycles. The molecule has 1 unspecified atom stereocenters. The van der Waals surface area contributed by atoms with E-state index in [-0.39, 0.29) is 17.4 Å². The molecule has 2 rings (SSSR count). The van der Waals surface area contributed by atoms with Crippen LogP contribution in [-0.2, 0) is 0 Å². The number of nitrogens with one attached hydrogen (secondary N) is 1. The Hall–Kier alpha value is -1.79. The van der Waals surface area contributed by atoms with Gasteiger partial charge in [0, 0.05) is 17.0 Å². The summed E-state index contributed by atoms with van der Waals surface area (Å²) in [5, 5.41) is 0.480. The second-order valence-corrected chi connectivity index (χ2v) is 5.00. The normalized spacial score (nSPS) is 12.3. The lowest BCUT2D eigenvalue weighted by atomic mass is 10.1. The van der Waals surface area contributed by atoms with Crippen LogP contribution < -0.4 is 17.0 Å². The largest absolute Gasteiger partial charge is 0.383 e. The van der Waals surface area contributed by atoms with Crippen molar-refractivity contribution in [2.75, 3.05) is 5.73 Å². The van der Waals surface area contributed by atoms with E-state index >= 15 is 0 Å². The van der Waals surface area contributed by atoms with Gasteiger partial charge in [0.2, 0.25) is 0 Å². The zero-order valence-electron chi connectivity index (χ0n) is 9.88. The average molecular weight is 262 g/mol. The fourth-order valence-electron chi connectivity index (χ4n) is 1.45. The Balaban J connectivity index is 2.20. The van der Waals surface area contributed by atoms with Gasteiger partial charge in [-0.3, -0.25) is 4.79 Å². The lowest BCUT2D eigenvalue weighted by Gasteiger charge is -2.06. The van der Waals surface area contributed by atoms with Crippen LogP contribution in [0.25, 0.3) is 0 Å². The van der Waals surface area contributed by atoms with Crippen LogP contribution in [0.1, 0.15) is 18.5 Å². The fraction of sp³-hybridized carbons (Fsp3) is 0.167. The maximum Gasteiger partial charge on any atom is 0.253 e. The molecule has 0 radical (unpaired) electrons. The minimum atomic E-state index is -0.253. The molecule has 18 heavy (non-hydrogen) atoms. The topological polar surface area (TPSA) is 97.8 Å². The number of nitrogen functional groups attached to an aromatic ring is 1. The number of aromatic nitrogens is 2. The first-order valence-corrected chi connectivity index (χ1v) is 6.26. The molecule has 2 aromatic rings. The number of nitrogens with zero attached hydrogens (tertiary/aromatic N) is 1. The van der Waals surface area contributed by atoms with E-state index in [1.165, 1.54) is 17.8 Å². The van der Waals surface area contributed by atoms with Gasteiger partial charge in [0.1, 0.15) is 5.82 Å². The highest BCUT2D eigenvalue weighted by Gasteiger charge is 2.03. The Morgan fingerprint density at radius 2 is 2.00 bits per heavy atom. The lowest BCUT2D eigenvalue weighted by Crippen LogP contribution is -2.09. The van der Waals surface area contributed by atoms with Crippen LogP contribution in [0.2, 0.25) is 0 Å². The SMILES string of the molecule is CC(N)c1ccc(Sc2nc(N)cc(=O)[nH]2)cc1. The van der Waals surface area contributed by atoms with Gasteiger partial charge in [-0.15, -0.1) is 0 Å². The molecular formula is C12H14N4OS. The molecule has 1 aromatic heterocycles. The molecule has 1 heterocycles. The predicted molar refractivity (Wildman–Crippen MR) is 72.4 cm³/mol. The third kappa shape index (κ3) is 3.12. The van der Waals surface area contributed by atoms with Crippen molar-refractivity contribution in [3.63, 3.8) is 0 Å². The number of benzene rings is 1. The first-order valence-electron chi connectivity index (χ1n) is 5.45. The molecule has 5 N–H and O–H groups in total. The van der Waals surface area contributed by atoms with E-state index in [0.29, 0.717) is 5.16 Å². The summed E-state index contributed by atoms with van der Waals surface area (Å²) >= 11 is 1.35. The van der Waals surface area contributed by atoms with E-state index in [4.69, 9.17) is 11.5 Å². The quantitative estimate of drug-likeness (QED) is 0.729. The summed E-state index contributed by atoms with van der Waals surface area (Å²) in [6.45, 7) is 1.93. The van der Waals surface area contributed by atoms with Gasteiger partial charge in [0.25, 0.3) is 5.56 Å². The summed E-state index contributed by atoms with van der Waals surface area (Å²) in [4.78, 5) is 18.9. The third-order valence-corrected chi connectivity index (χ3v) is 3.25. The molecular weight excluding hydrogens is 248 g/mol. The number of nitrogens with two attached hydrogens (primary N) is 2. The number of anilines is 1. The van der Waals surface area contributed by atoms with E-state index in [1.807, 2.05) is 31.2 Å². The first-order chi connectivity index (χ1) is 8.54. The van der Waals surface area contributed by atoms with Crippen molar-refractivity contribution in [3.05, 3.63) is 46.2 Å². The second-order valence-electron chi connectivity index (χ2n) is 3.94. The maximum atomic E-state index is 11.2. The molecule has 1 aromatic carbocycles. The summed E-state index contributed by atoms with van der Waals surface area (Å²) in [7, 11) is 0. The van der Waals surface area contributed by atoms with E-state index in [9.17, 15) is 4.79 Å². The Kier molecular flexibility index (Phi) is 3.69. The molecule has 94 valence electrons. The van der Waals surface area contributed by atoms with Crippen molar-refractivity contribution < 1.29 is 0 Å². The number of hydrogen-bond donors (Lipinski definition) is 3. The molecule has 0 aliphatic rings. The maximum absolute atomic E-state index is 11.2. The molecule has 0 aliphatic carbocycles. The summed E-state index contributed by atoms with van der Waals surface area (Å²) in [6.07, 6.45) is 0. The molecule has 1 atom stereocenters. The van der Waals surface area contributed by atoms with Crippen molar-refractivity contribution in [2.45, 2.75) is 23.0 Å². The van der Waals surface area contributed by atoms with E-state index in [0.717, 1.165) is 10.5 Å². The Morgan fingerprint density at radius 1 is 1.33 bits per heavy atom. The standard InChI is InChI=1S/C12H14N4OS/c1-7(13)8-2-4-9(5-3-8)18-12-15-10(14)6-11(17)16-12/h2-7H,13H2,1H3,(H3,14,15,16,17). The van der Waals surface area contributed by atoms with Crippen LogP contribution >= 0.6 is 11.8 Å². The van der Waals surface area contributed by atoms with Crippen molar-refractivity contribution >= 4 is 17.6 Å². The molecule has 0 saturated carbocycles. The van der Waals surface area contributed by atoms with Gasteiger partial charge in [0.05, 0.1) is 0 Å². The molecule has 6 heteroatoms. The fourth-order valence-corrected chi connectivity index (χ4v) is 2.25. The number of H-pyrrole nitrogens is 1. The minimum absolute atomic E-state index is 0.00866. The minimum Gasteiger partial charge on any atom is -0.383 e. The summed E-state index contributed by atoms with van der Waals surface area (Å²) in [5.41, 5.74) is 12.1. The van der Waals surface area contributed by atoms with E-state index < -0.39 is 0 Å². The highest BCUT2D eigenvalue weighted by atomic mass is 32.2.